The number of carbonyl (C=O) groups is 1. The van der Waals surface area contributed by atoms with Gasteiger partial charge in [0.25, 0.3) is 5.91 Å². The fraction of sp³-hybridized carbons (Fsp3) is 0.345. The smallest absolute Gasteiger partial charge is 0.251 e. The average Bonchev–Trinajstić information content (AvgIpc) is 3.49. The molecule has 5 rings (SSSR count). The van der Waals surface area contributed by atoms with Gasteiger partial charge in [-0.1, -0.05) is 12.1 Å². The molecule has 35 heavy (non-hydrogen) atoms. The summed E-state index contributed by atoms with van der Waals surface area (Å²) in [6.45, 7) is 4.04. The molecule has 6 heteroatoms. The number of aromatic nitrogens is 1. The number of H-pyrrole nitrogens is 1. The second-order valence-corrected chi connectivity index (χ2v) is 9.64. The van der Waals surface area contributed by atoms with Crippen molar-refractivity contribution in [1.82, 2.24) is 15.2 Å². The van der Waals surface area contributed by atoms with Gasteiger partial charge in [-0.25, -0.2) is 0 Å². The number of carbonyl (C=O) groups excluding carboxylic acids is 1. The molecule has 6 nitrogen and oxygen atoms in total. The Morgan fingerprint density at radius 2 is 1.97 bits per heavy atom. The van der Waals surface area contributed by atoms with Gasteiger partial charge in [-0.3, -0.25) is 9.69 Å². The number of nitrogens with zero attached hydrogens (tertiary/aromatic N) is 1. The number of nitrogens with one attached hydrogen (secondary N) is 2. The van der Waals surface area contributed by atoms with E-state index in [0.29, 0.717) is 12.1 Å². The van der Waals surface area contributed by atoms with Crippen LogP contribution >= 0.6 is 0 Å². The van der Waals surface area contributed by atoms with Gasteiger partial charge in [0.1, 0.15) is 11.9 Å². The topological polar surface area (TPSA) is 70.5 Å². The van der Waals surface area contributed by atoms with Crippen molar-refractivity contribution in [1.29, 1.82) is 0 Å². The molecule has 0 saturated heterocycles. The molecule has 182 valence electrons. The summed E-state index contributed by atoms with van der Waals surface area (Å²) in [6.07, 6.45) is 7.95. The van der Waals surface area contributed by atoms with Gasteiger partial charge in [0.15, 0.2) is 0 Å². The summed E-state index contributed by atoms with van der Waals surface area (Å²) in [5.74, 6) is 0.740. The summed E-state index contributed by atoms with van der Waals surface area (Å²) in [6, 6.07) is 16.1. The van der Waals surface area contributed by atoms with Crippen molar-refractivity contribution >= 4 is 16.8 Å². The van der Waals surface area contributed by atoms with Gasteiger partial charge in [-0.15, -0.1) is 0 Å². The fourth-order valence-corrected chi connectivity index (χ4v) is 4.94. The minimum absolute atomic E-state index is 0.0669. The van der Waals surface area contributed by atoms with Gasteiger partial charge in [-0.2, -0.15) is 0 Å². The summed E-state index contributed by atoms with van der Waals surface area (Å²) in [5, 5.41) is 4.22. The van der Waals surface area contributed by atoms with Crippen molar-refractivity contribution in [3.05, 3.63) is 89.0 Å². The lowest BCUT2D eigenvalue weighted by Crippen LogP contribution is -2.33. The van der Waals surface area contributed by atoms with E-state index in [0.717, 1.165) is 42.8 Å². The van der Waals surface area contributed by atoms with Crippen LogP contribution in [0, 0.1) is 0 Å². The van der Waals surface area contributed by atoms with Crippen LogP contribution in [0.1, 0.15) is 52.5 Å². The molecule has 0 aliphatic heterocycles. The molecule has 1 unspecified atom stereocenters. The first-order valence-electron chi connectivity index (χ1n) is 12.4. The maximum Gasteiger partial charge on any atom is 0.251 e. The highest BCUT2D eigenvalue weighted by Gasteiger charge is 2.17. The molecule has 0 radical (unpaired) electrons. The molecular formula is C29H33N3O3. The van der Waals surface area contributed by atoms with Gasteiger partial charge in [0, 0.05) is 40.8 Å². The van der Waals surface area contributed by atoms with Crippen LogP contribution in [0.4, 0.5) is 0 Å². The molecule has 2 aromatic carbocycles. The second kappa shape index (κ2) is 10.4. The van der Waals surface area contributed by atoms with Crippen LogP contribution in [0.5, 0.6) is 5.75 Å². The normalized spacial score (nSPS) is 14.1. The first-order chi connectivity index (χ1) is 17.0. The molecular weight excluding hydrogens is 438 g/mol. The van der Waals surface area contributed by atoms with Gasteiger partial charge < -0.3 is 19.5 Å². The Balaban J connectivity index is 1.15. The molecule has 2 heterocycles. The Morgan fingerprint density at radius 3 is 2.83 bits per heavy atom. The summed E-state index contributed by atoms with van der Waals surface area (Å²) >= 11 is 0. The predicted molar refractivity (Wildman–Crippen MR) is 138 cm³/mol. The largest absolute Gasteiger partial charge is 0.489 e. The molecule has 1 atom stereocenters. The van der Waals surface area contributed by atoms with E-state index in [4.69, 9.17) is 9.15 Å². The van der Waals surface area contributed by atoms with Crippen LogP contribution in [0.15, 0.2) is 65.5 Å². The zero-order valence-electron chi connectivity index (χ0n) is 20.5. The lowest BCUT2D eigenvalue weighted by molar-refractivity contribution is 0.0932. The van der Waals surface area contributed by atoms with Crippen LogP contribution < -0.4 is 10.1 Å². The van der Waals surface area contributed by atoms with E-state index in [9.17, 15) is 4.79 Å². The highest BCUT2D eigenvalue weighted by atomic mass is 16.5. The van der Waals surface area contributed by atoms with E-state index in [-0.39, 0.29) is 12.0 Å². The third kappa shape index (κ3) is 5.60. The number of fused-ring (bicyclic) bond motifs is 3. The number of ether oxygens (including phenoxy) is 1. The molecule has 4 aromatic rings. The monoisotopic (exact) mass is 471 g/mol. The van der Waals surface area contributed by atoms with Crippen LogP contribution in [0.25, 0.3) is 10.9 Å². The number of amides is 1. The first kappa shape index (κ1) is 23.2. The third-order valence-electron chi connectivity index (χ3n) is 6.63. The van der Waals surface area contributed by atoms with Crippen molar-refractivity contribution in [3.8, 4) is 5.75 Å². The lowest BCUT2D eigenvalue weighted by atomic mass is 9.95. The second-order valence-electron chi connectivity index (χ2n) is 9.64. The number of aryl methyl sites for hydroxylation is 2. The quantitative estimate of drug-likeness (QED) is 0.340. The Morgan fingerprint density at radius 1 is 1.11 bits per heavy atom. The number of furan rings is 1. The summed E-state index contributed by atoms with van der Waals surface area (Å²) in [5.41, 5.74) is 6.86. The molecule has 0 fully saturated rings. The van der Waals surface area contributed by atoms with Crippen molar-refractivity contribution in [2.45, 2.75) is 51.8 Å². The summed E-state index contributed by atoms with van der Waals surface area (Å²) < 4.78 is 11.3. The maximum absolute atomic E-state index is 12.9. The van der Waals surface area contributed by atoms with E-state index in [1.807, 2.05) is 43.3 Å². The van der Waals surface area contributed by atoms with E-state index < -0.39 is 0 Å². The van der Waals surface area contributed by atoms with Crippen LogP contribution in [0.2, 0.25) is 0 Å². The van der Waals surface area contributed by atoms with E-state index in [2.05, 4.69) is 34.4 Å². The first-order valence-corrected chi connectivity index (χ1v) is 12.4. The van der Waals surface area contributed by atoms with Gasteiger partial charge in [0.05, 0.1) is 19.1 Å². The van der Waals surface area contributed by atoms with Crippen molar-refractivity contribution < 1.29 is 13.9 Å². The molecule has 0 saturated carbocycles. The summed E-state index contributed by atoms with van der Waals surface area (Å²) in [7, 11) is 2.08. The molecule has 0 spiro atoms. The van der Waals surface area contributed by atoms with Crippen molar-refractivity contribution in [3.63, 3.8) is 0 Å². The van der Waals surface area contributed by atoms with Crippen LogP contribution in [0.3, 0.4) is 0 Å². The molecule has 1 aliphatic carbocycles. The predicted octanol–water partition coefficient (Wildman–Crippen LogP) is 5.47. The zero-order chi connectivity index (χ0) is 24.2. The molecule has 2 N–H and O–H groups in total. The van der Waals surface area contributed by atoms with Crippen LogP contribution in [-0.4, -0.2) is 35.5 Å². The SMILES string of the molecule is CC(CNC(=O)c1ccc2[nH]c3c(c2c1)CCCC3)Oc1cccc(CN(C)Cc2ccoc2)c1. The number of aromatic amines is 1. The Bertz CT molecular complexity index is 1290. The standard InChI is InChI=1S/C29H33N3O3/c1-20(35-24-7-5-6-21(14-24)17-32(2)18-22-12-13-34-19-22)16-30-29(33)23-10-11-28-26(15-23)25-8-3-4-9-27(25)31-28/h5-7,10-15,19-20,31H,3-4,8-9,16-18H2,1-2H3,(H,30,33). The van der Waals surface area contributed by atoms with Gasteiger partial charge in [-0.05, 0) is 87.2 Å². The van der Waals surface area contributed by atoms with Gasteiger partial charge >= 0.3 is 0 Å². The molecule has 1 amide bonds. The molecule has 2 aromatic heterocycles. The Labute approximate surface area is 206 Å². The van der Waals surface area contributed by atoms with Crippen LogP contribution in [-0.2, 0) is 25.9 Å². The third-order valence-corrected chi connectivity index (χ3v) is 6.63. The fourth-order valence-electron chi connectivity index (χ4n) is 4.94. The van der Waals surface area contributed by atoms with Crippen molar-refractivity contribution in [2.75, 3.05) is 13.6 Å². The Kier molecular flexibility index (Phi) is 6.91. The molecule has 1 aliphatic rings. The number of hydrogen-bond acceptors (Lipinski definition) is 4. The maximum atomic E-state index is 12.9. The number of benzene rings is 2. The Hall–Kier alpha value is -3.51. The van der Waals surface area contributed by atoms with E-state index >= 15 is 0 Å². The highest BCUT2D eigenvalue weighted by Crippen LogP contribution is 2.29. The average molecular weight is 472 g/mol. The minimum atomic E-state index is -0.151. The van der Waals surface area contributed by atoms with Crippen molar-refractivity contribution in [2.24, 2.45) is 0 Å². The number of hydrogen-bond donors (Lipinski definition) is 2. The molecule has 0 bridgehead atoms. The number of rotatable bonds is 9. The van der Waals surface area contributed by atoms with E-state index in [1.165, 1.54) is 35.0 Å². The summed E-state index contributed by atoms with van der Waals surface area (Å²) in [4.78, 5) is 18.6. The van der Waals surface area contributed by atoms with Gasteiger partial charge in [0.2, 0.25) is 0 Å². The zero-order valence-corrected chi connectivity index (χ0v) is 20.5. The highest BCUT2D eigenvalue weighted by molar-refractivity contribution is 5.99. The minimum Gasteiger partial charge on any atom is -0.489 e. The van der Waals surface area contributed by atoms with E-state index in [1.54, 1.807) is 12.5 Å². The lowest BCUT2D eigenvalue weighted by Gasteiger charge is -2.18.